The smallest absolute Gasteiger partial charge is 0.0674 e. The van der Waals surface area contributed by atoms with E-state index in [1.165, 1.54) is 61.3 Å². The minimum atomic E-state index is 1.12. The highest BCUT2D eigenvalue weighted by Crippen LogP contribution is 2.27. The fourth-order valence-electron chi connectivity index (χ4n) is 3.54. The number of aryl methyl sites for hydroxylation is 2. The van der Waals surface area contributed by atoms with Crippen LogP contribution in [0.4, 0.5) is 0 Å². The first-order valence-corrected chi connectivity index (χ1v) is 8.47. The number of aromatic nitrogens is 2. The first-order valence-electron chi connectivity index (χ1n) is 8.47. The van der Waals surface area contributed by atoms with Gasteiger partial charge in [0.05, 0.1) is 5.69 Å². The van der Waals surface area contributed by atoms with Crippen molar-refractivity contribution in [2.24, 2.45) is 7.05 Å². The Kier molecular flexibility index (Phi) is 4.63. The fourth-order valence-corrected chi connectivity index (χ4v) is 3.54. The standard InChI is InChI=1S/C19H27N3/c1-15-19(16(2)21(3)20-15)18-9-7-8-17(14-18)10-13-22-11-5-4-6-12-22/h7-9,14H,4-6,10-13H2,1-3H3. The summed E-state index contributed by atoms with van der Waals surface area (Å²) in [4.78, 5) is 2.61. The molecule has 2 heterocycles. The summed E-state index contributed by atoms with van der Waals surface area (Å²) in [5.41, 5.74) is 6.39. The van der Waals surface area contributed by atoms with Gasteiger partial charge in [-0.25, -0.2) is 0 Å². The van der Waals surface area contributed by atoms with E-state index in [1.54, 1.807) is 0 Å². The predicted octanol–water partition coefficient (Wildman–Crippen LogP) is 3.73. The minimum absolute atomic E-state index is 1.12. The van der Waals surface area contributed by atoms with Crippen molar-refractivity contribution in [1.82, 2.24) is 14.7 Å². The molecule has 0 aliphatic carbocycles. The van der Waals surface area contributed by atoms with Crippen molar-refractivity contribution in [2.75, 3.05) is 19.6 Å². The number of rotatable bonds is 4. The summed E-state index contributed by atoms with van der Waals surface area (Å²) >= 11 is 0. The summed E-state index contributed by atoms with van der Waals surface area (Å²) in [5.74, 6) is 0. The average molecular weight is 297 g/mol. The molecule has 3 heteroatoms. The Morgan fingerprint density at radius 2 is 1.86 bits per heavy atom. The molecule has 1 saturated heterocycles. The fraction of sp³-hybridized carbons (Fsp3) is 0.526. The molecule has 1 aromatic carbocycles. The van der Waals surface area contributed by atoms with Gasteiger partial charge >= 0.3 is 0 Å². The molecule has 0 radical (unpaired) electrons. The normalized spacial score (nSPS) is 16.1. The molecule has 22 heavy (non-hydrogen) atoms. The van der Waals surface area contributed by atoms with Crippen LogP contribution in [0.5, 0.6) is 0 Å². The van der Waals surface area contributed by atoms with E-state index in [0.29, 0.717) is 0 Å². The summed E-state index contributed by atoms with van der Waals surface area (Å²) in [6, 6.07) is 9.00. The van der Waals surface area contributed by atoms with E-state index in [4.69, 9.17) is 0 Å². The van der Waals surface area contributed by atoms with Crippen molar-refractivity contribution in [2.45, 2.75) is 39.5 Å². The lowest BCUT2D eigenvalue weighted by Crippen LogP contribution is -2.31. The van der Waals surface area contributed by atoms with Crippen LogP contribution in [0.2, 0.25) is 0 Å². The molecule has 1 aliphatic rings. The Balaban J connectivity index is 1.74. The van der Waals surface area contributed by atoms with Gasteiger partial charge in [-0.1, -0.05) is 30.7 Å². The van der Waals surface area contributed by atoms with Crippen molar-refractivity contribution >= 4 is 0 Å². The Morgan fingerprint density at radius 1 is 1.09 bits per heavy atom. The van der Waals surface area contributed by atoms with Gasteiger partial charge in [0.2, 0.25) is 0 Å². The molecular formula is C19H27N3. The Bertz CT molecular complexity index is 636. The number of nitrogens with zero attached hydrogens (tertiary/aromatic N) is 3. The maximum atomic E-state index is 4.54. The third kappa shape index (κ3) is 3.25. The lowest BCUT2D eigenvalue weighted by atomic mass is 10.00. The van der Waals surface area contributed by atoms with Crippen LogP contribution in [0.15, 0.2) is 24.3 Å². The SMILES string of the molecule is Cc1nn(C)c(C)c1-c1cccc(CCN2CCCCC2)c1. The van der Waals surface area contributed by atoms with Crippen LogP contribution in [0.25, 0.3) is 11.1 Å². The predicted molar refractivity (Wildman–Crippen MR) is 92.1 cm³/mol. The summed E-state index contributed by atoms with van der Waals surface area (Å²) in [7, 11) is 2.02. The van der Waals surface area contributed by atoms with E-state index in [1.807, 2.05) is 11.7 Å². The highest BCUT2D eigenvalue weighted by atomic mass is 15.3. The summed E-state index contributed by atoms with van der Waals surface area (Å²) < 4.78 is 1.98. The van der Waals surface area contributed by atoms with E-state index < -0.39 is 0 Å². The zero-order chi connectivity index (χ0) is 15.5. The van der Waals surface area contributed by atoms with Gasteiger partial charge in [-0.2, -0.15) is 5.10 Å². The van der Waals surface area contributed by atoms with E-state index in [-0.39, 0.29) is 0 Å². The lowest BCUT2D eigenvalue weighted by molar-refractivity contribution is 0.231. The molecule has 0 bridgehead atoms. The first kappa shape index (κ1) is 15.3. The van der Waals surface area contributed by atoms with Gasteiger partial charge in [0.1, 0.15) is 0 Å². The number of piperidine rings is 1. The molecule has 3 nitrogen and oxygen atoms in total. The van der Waals surface area contributed by atoms with Gasteiger partial charge in [0, 0.05) is 24.8 Å². The summed E-state index contributed by atoms with van der Waals surface area (Å²) in [6.07, 6.45) is 5.29. The molecule has 0 spiro atoms. The Hall–Kier alpha value is -1.61. The van der Waals surface area contributed by atoms with Gasteiger partial charge in [-0.15, -0.1) is 0 Å². The van der Waals surface area contributed by atoms with Gasteiger partial charge < -0.3 is 4.90 Å². The number of benzene rings is 1. The summed E-state index contributed by atoms with van der Waals surface area (Å²) in [6.45, 7) is 7.99. The van der Waals surface area contributed by atoms with Crippen LogP contribution in [0.3, 0.4) is 0 Å². The molecule has 1 fully saturated rings. The van der Waals surface area contributed by atoms with Gasteiger partial charge in [-0.3, -0.25) is 4.68 Å². The van der Waals surface area contributed by atoms with Gasteiger partial charge in [0.15, 0.2) is 0 Å². The molecular weight excluding hydrogens is 270 g/mol. The van der Waals surface area contributed by atoms with Crippen molar-refractivity contribution in [1.29, 1.82) is 0 Å². The third-order valence-electron chi connectivity index (χ3n) is 4.89. The quantitative estimate of drug-likeness (QED) is 0.857. The number of hydrogen-bond donors (Lipinski definition) is 0. The second kappa shape index (κ2) is 6.66. The van der Waals surface area contributed by atoms with Crippen molar-refractivity contribution in [3.63, 3.8) is 0 Å². The number of hydrogen-bond acceptors (Lipinski definition) is 2. The second-order valence-electron chi connectivity index (χ2n) is 6.52. The molecule has 2 aromatic rings. The molecule has 1 aromatic heterocycles. The summed E-state index contributed by atoms with van der Waals surface area (Å²) in [5, 5.41) is 4.54. The van der Waals surface area contributed by atoms with Crippen molar-refractivity contribution in [3.05, 3.63) is 41.2 Å². The van der Waals surface area contributed by atoms with Crippen LogP contribution in [0.1, 0.15) is 36.2 Å². The second-order valence-corrected chi connectivity index (χ2v) is 6.52. The minimum Gasteiger partial charge on any atom is -0.303 e. The molecule has 0 N–H and O–H groups in total. The Labute approximate surface area is 133 Å². The largest absolute Gasteiger partial charge is 0.303 e. The van der Waals surface area contributed by atoms with E-state index >= 15 is 0 Å². The van der Waals surface area contributed by atoms with E-state index in [0.717, 1.165) is 12.1 Å². The molecule has 0 atom stereocenters. The van der Waals surface area contributed by atoms with E-state index in [2.05, 4.69) is 48.1 Å². The molecule has 0 amide bonds. The van der Waals surface area contributed by atoms with Gasteiger partial charge in [0.25, 0.3) is 0 Å². The topological polar surface area (TPSA) is 21.1 Å². The maximum absolute atomic E-state index is 4.54. The van der Waals surface area contributed by atoms with Crippen LogP contribution in [0, 0.1) is 13.8 Å². The zero-order valence-corrected chi connectivity index (χ0v) is 14.1. The molecule has 0 unspecified atom stereocenters. The highest BCUT2D eigenvalue weighted by Gasteiger charge is 2.13. The third-order valence-corrected chi connectivity index (χ3v) is 4.89. The van der Waals surface area contributed by atoms with Crippen LogP contribution in [-0.2, 0) is 13.5 Å². The molecule has 1 aliphatic heterocycles. The Morgan fingerprint density at radius 3 is 2.55 bits per heavy atom. The zero-order valence-electron chi connectivity index (χ0n) is 14.1. The van der Waals surface area contributed by atoms with Crippen LogP contribution >= 0.6 is 0 Å². The van der Waals surface area contributed by atoms with Crippen LogP contribution < -0.4 is 0 Å². The number of likely N-dealkylation sites (tertiary alicyclic amines) is 1. The van der Waals surface area contributed by atoms with Crippen molar-refractivity contribution < 1.29 is 0 Å². The molecule has 0 saturated carbocycles. The molecule has 118 valence electrons. The lowest BCUT2D eigenvalue weighted by Gasteiger charge is -2.26. The molecule has 3 rings (SSSR count). The first-order chi connectivity index (χ1) is 10.6. The maximum Gasteiger partial charge on any atom is 0.0674 e. The highest BCUT2D eigenvalue weighted by molar-refractivity contribution is 5.69. The monoisotopic (exact) mass is 297 g/mol. The van der Waals surface area contributed by atoms with Crippen LogP contribution in [-0.4, -0.2) is 34.3 Å². The van der Waals surface area contributed by atoms with E-state index in [9.17, 15) is 0 Å². The average Bonchev–Trinajstić information content (AvgIpc) is 2.79. The van der Waals surface area contributed by atoms with Gasteiger partial charge in [-0.05, 0) is 57.3 Å². The van der Waals surface area contributed by atoms with Crippen molar-refractivity contribution in [3.8, 4) is 11.1 Å².